The Morgan fingerprint density at radius 3 is 2.61 bits per heavy atom. The number of fused-ring (bicyclic) bond motifs is 2. The molecule has 0 spiro atoms. The molecule has 3 aromatic rings. The van der Waals surface area contributed by atoms with Crippen LogP contribution in [0.1, 0.15) is 97.6 Å². The minimum Gasteiger partial charge on any atom is -0.474 e. The van der Waals surface area contributed by atoms with Gasteiger partial charge < -0.3 is 15.0 Å². The maximum Gasteiger partial charge on any atom is 0.276 e. The Morgan fingerprint density at radius 2 is 1.88 bits per heavy atom. The number of anilines is 1. The summed E-state index contributed by atoms with van der Waals surface area (Å²) in [6.07, 6.45) is 12.6. The van der Waals surface area contributed by atoms with Crippen LogP contribution < -0.4 is 15.4 Å². The van der Waals surface area contributed by atoms with Gasteiger partial charge in [0.25, 0.3) is 11.8 Å². The third-order valence-electron chi connectivity index (χ3n) is 11.8. The highest BCUT2D eigenvalue weighted by molar-refractivity contribution is 6.04. The predicted octanol–water partition coefficient (Wildman–Crippen LogP) is 4.42. The summed E-state index contributed by atoms with van der Waals surface area (Å²) in [5.41, 5.74) is 1.78. The second-order valence-corrected chi connectivity index (χ2v) is 14.9. The van der Waals surface area contributed by atoms with Crippen LogP contribution >= 0.6 is 0 Å². The number of hydrogen-bond donors (Lipinski definition) is 3. The van der Waals surface area contributed by atoms with Gasteiger partial charge in [-0.05, 0) is 62.8 Å². The Hall–Kier alpha value is -4.20. The van der Waals surface area contributed by atoms with Gasteiger partial charge in [-0.15, -0.1) is 0 Å². The molecule has 2 aliphatic heterocycles. The van der Waals surface area contributed by atoms with Crippen LogP contribution in [0.15, 0.2) is 30.7 Å². The number of ether oxygens (including phenoxy) is 1. The molecule has 49 heavy (non-hydrogen) atoms. The van der Waals surface area contributed by atoms with Crippen LogP contribution in [0.25, 0.3) is 0 Å². The summed E-state index contributed by atoms with van der Waals surface area (Å²) in [7, 11) is 0. The number of carbonyl (C=O) groups excluding carboxylic acids is 3. The number of nitrogens with zero attached hydrogens (tertiary/aromatic N) is 5. The standard InChI is InChI=1S/C35H42F2N8O4/c1-34-15-27-26(14-28(34)35(34,36)37)31(43-42-27)33(48)40-22-17-39-45(19-22)23-5-2-20(3-6-23)18-44-12-10-24(11-13-44)49-30-9-4-21(16-38-30)25-7-8-29(46)41-32(25)47/h4,9,16-17,19-20,23-25,28H,2-3,5-8,10-15,18H2,1H3,(H,40,48)(H,42,43)(H,41,46,47)/t20?,23?,25-,28+,34-/m1/s1. The van der Waals surface area contributed by atoms with Crippen molar-refractivity contribution in [2.45, 2.75) is 95.1 Å². The molecular formula is C35H42F2N8O4. The van der Waals surface area contributed by atoms with Crippen molar-refractivity contribution in [2.24, 2.45) is 17.3 Å². The van der Waals surface area contributed by atoms with Crippen LogP contribution in [0.3, 0.4) is 0 Å². The minimum absolute atomic E-state index is 0.104. The molecule has 3 aromatic heterocycles. The minimum atomic E-state index is -2.71. The largest absolute Gasteiger partial charge is 0.474 e. The summed E-state index contributed by atoms with van der Waals surface area (Å²) in [4.78, 5) is 43.6. The van der Waals surface area contributed by atoms with Crippen molar-refractivity contribution < 1.29 is 27.9 Å². The molecule has 3 amide bonds. The number of H-pyrrole nitrogens is 1. The molecule has 12 nitrogen and oxygen atoms in total. The van der Waals surface area contributed by atoms with E-state index < -0.39 is 23.2 Å². The lowest BCUT2D eigenvalue weighted by atomic mass is 9.85. The van der Waals surface area contributed by atoms with E-state index >= 15 is 0 Å². The van der Waals surface area contributed by atoms with Crippen molar-refractivity contribution in [1.29, 1.82) is 0 Å². The lowest BCUT2D eigenvalue weighted by Gasteiger charge is -2.36. The number of carbonyl (C=O) groups is 3. The normalized spacial score (nSPS) is 29.9. The molecular weight excluding hydrogens is 634 g/mol. The van der Waals surface area contributed by atoms with Gasteiger partial charge in [-0.2, -0.15) is 10.2 Å². The molecule has 260 valence electrons. The van der Waals surface area contributed by atoms with E-state index in [2.05, 4.69) is 35.8 Å². The first-order valence-electron chi connectivity index (χ1n) is 17.6. The zero-order valence-electron chi connectivity index (χ0n) is 27.6. The first-order chi connectivity index (χ1) is 23.6. The summed E-state index contributed by atoms with van der Waals surface area (Å²) < 4.78 is 36.7. The molecule has 3 atom stereocenters. The lowest BCUT2D eigenvalue weighted by molar-refractivity contribution is -0.134. The molecule has 0 radical (unpaired) electrons. The van der Waals surface area contributed by atoms with Crippen molar-refractivity contribution >= 4 is 23.4 Å². The zero-order chi connectivity index (χ0) is 33.9. The first kappa shape index (κ1) is 32.0. The molecule has 3 N–H and O–H groups in total. The molecule has 2 saturated heterocycles. The smallest absolute Gasteiger partial charge is 0.276 e. The van der Waals surface area contributed by atoms with Gasteiger partial charge in [0.05, 0.1) is 23.8 Å². The Balaban J connectivity index is 0.765. The van der Waals surface area contributed by atoms with Crippen LogP contribution in [-0.4, -0.2) is 79.2 Å². The van der Waals surface area contributed by atoms with E-state index in [1.54, 1.807) is 19.3 Å². The van der Waals surface area contributed by atoms with Crippen molar-refractivity contribution in [2.75, 3.05) is 25.0 Å². The lowest BCUT2D eigenvalue weighted by Crippen LogP contribution is -2.41. The fourth-order valence-corrected chi connectivity index (χ4v) is 8.60. The van der Waals surface area contributed by atoms with Gasteiger partial charge in [-0.25, -0.2) is 13.8 Å². The number of nitrogens with one attached hydrogen (secondary N) is 3. The highest BCUT2D eigenvalue weighted by atomic mass is 19.3. The average molecular weight is 677 g/mol. The third kappa shape index (κ3) is 6.01. The molecule has 4 fully saturated rings. The SMILES string of the molecule is C[C@@]12Cc3[nH]nc(C(=O)Nc4cnn(C5CCC(CN6CCC(Oc7ccc([C@H]8CCC(=O)NC8=O)cn7)CC6)CC5)c4)c3C[C@@H]1C2(F)F. The summed E-state index contributed by atoms with van der Waals surface area (Å²) in [5.74, 6) is -3.50. The number of aromatic nitrogens is 5. The number of likely N-dealkylation sites (tertiary alicyclic amines) is 1. The summed E-state index contributed by atoms with van der Waals surface area (Å²) >= 11 is 0. The van der Waals surface area contributed by atoms with Gasteiger partial charge >= 0.3 is 0 Å². The van der Waals surface area contributed by atoms with E-state index in [1.807, 2.05) is 23.0 Å². The van der Waals surface area contributed by atoms with E-state index in [9.17, 15) is 23.2 Å². The van der Waals surface area contributed by atoms with E-state index in [4.69, 9.17) is 4.74 Å². The quantitative estimate of drug-likeness (QED) is 0.297. The number of aromatic amines is 1. The van der Waals surface area contributed by atoms with E-state index in [-0.39, 0.29) is 48.4 Å². The van der Waals surface area contributed by atoms with Gasteiger partial charge in [0.15, 0.2) is 5.69 Å². The number of rotatable bonds is 8. The Bertz CT molecular complexity index is 1740. The average Bonchev–Trinajstić information content (AvgIpc) is 3.51. The highest BCUT2D eigenvalue weighted by Gasteiger charge is 2.78. The Kier molecular flexibility index (Phi) is 8.03. The Morgan fingerprint density at radius 1 is 1.08 bits per heavy atom. The topological polar surface area (TPSA) is 147 Å². The summed E-state index contributed by atoms with van der Waals surface area (Å²) in [5, 5.41) is 16.8. The first-order valence-corrected chi connectivity index (χ1v) is 17.6. The summed E-state index contributed by atoms with van der Waals surface area (Å²) in [6.45, 7) is 4.63. The van der Waals surface area contributed by atoms with Crippen LogP contribution in [-0.2, 0) is 22.4 Å². The number of piperidine rings is 2. The van der Waals surface area contributed by atoms with Crippen LogP contribution in [0.5, 0.6) is 5.88 Å². The van der Waals surface area contributed by atoms with Crippen LogP contribution in [0, 0.1) is 17.3 Å². The molecule has 0 aromatic carbocycles. The van der Waals surface area contributed by atoms with Gasteiger partial charge in [-0.3, -0.25) is 29.5 Å². The van der Waals surface area contributed by atoms with Crippen LogP contribution in [0.4, 0.5) is 14.5 Å². The third-order valence-corrected chi connectivity index (χ3v) is 11.8. The van der Waals surface area contributed by atoms with E-state index in [1.165, 1.54) is 0 Å². The fraction of sp³-hybridized carbons (Fsp3) is 0.600. The Labute approximate surface area is 282 Å². The van der Waals surface area contributed by atoms with Crippen molar-refractivity contribution in [1.82, 2.24) is 35.2 Å². The maximum atomic E-state index is 14.3. The van der Waals surface area contributed by atoms with Crippen LogP contribution in [0.2, 0.25) is 0 Å². The van der Waals surface area contributed by atoms with E-state index in [0.29, 0.717) is 41.6 Å². The second kappa shape index (κ2) is 12.3. The van der Waals surface area contributed by atoms with Gasteiger partial charge in [0.1, 0.15) is 6.10 Å². The van der Waals surface area contributed by atoms with Crippen molar-refractivity contribution in [3.05, 3.63) is 53.2 Å². The molecule has 14 heteroatoms. The molecule has 5 heterocycles. The predicted molar refractivity (Wildman–Crippen MR) is 173 cm³/mol. The number of halogens is 2. The van der Waals surface area contributed by atoms with Gasteiger partial charge in [-0.1, -0.05) is 13.0 Å². The number of amides is 3. The number of alkyl halides is 2. The fourth-order valence-electron chi connectivity index (χ4n) is 8.60. The van der Waals surface area contributed by atoms with E-state index in [0.717, 1.165) is 63.7 Å². The van der Waals surface area contributed by atoms with Gasteiger partial charge in [0, 0.05) is 73.5 Å². The maximum absolute atomic E-state index is 14.3. The molecule has 0 bridgehead atoms. The van der Waals surface area contributed by atoms with Gasteiger partial charge in [0.2, 0.25) is 17.7 Å². The number of imide groups is 1. The van der Waals surface area contributed by atoms with Crippen molar-refractivity contribution in [3.63, 3.8) is 0 Å². The number of pyridine rings is 1. The molecule has 0 unspecified atom stereocenters. The zero-order valence-corrected chi connectivity index (χ0v) is 27.6. The summed E-state index contributed by atoms with van der Waals surface area (Å²) in [6, 6.07) is 3.96. The highest BCUT2D eigenvalue weighted by Crippen LogP contribution is 2.70. The number of hydrogen-bond acceptors (Lipinski definition) is 8. The second-order valence-electron chi connectivity index (χ2n) is 14.9. The monoisotopic (exact) mass is 676 g/mol. The molecule has 5 aliphatic rings. The molecule has 8 rings (SSSR count). The van der Waals surface area contributed by atoms with Crippen molar-refractivity contribution in [3.8, 4) is 5.88 Å². The molecule has 3 aliphatic carbocycles. The molecule has 2 saturated carbocycles.